The Labute approximate surface area is 183 Å². The van der Waals surface area contributed by atoms with Crippen LogP contribution in [0.1, 0.15) is 60.9 Å². The van der Waals surface area contributed by atoms with Gasteiger partial charge in [-0.3, -0.25) is 4.79 Å². The number of ether oxygens (including phenoxy) is 1. The van der Waals surface area contributed by atoms with E-state index in [1.165, 1.54) is 5.56 Å². The van der Waals surface area contributed by atoms with Crippen LogP contribution in [0.25, 0.3) is 0 Å². The van der Waals surface area contributed by atoms with Crippen molar-refractivity contribution >= 4 is 11.9 Å². The van der Waals surface area contributed by atoms with Gasteiger partial charge in [-0.15, -0.1) is 0 Å². The van der Waals surface area contributed by atoms with Gasteiger partial charge in [0, 0.05) is 12.1 Å². The second-order valence-corrected chi connectivity index (χ2v) is 8.79. The molecule has 0 unspecified atom stereocenters. The molecule has 1 aliphatic carbocycles. The lowest BCUT2D eigenvalue weighted by Crippen LogP contribution is -2.38. The van der Waals surface area contributed by atoms with Crippen LogP contribution >= 0.6 is 0 Å². The predicted molar refractivity (Wildman–Crippen MR) is 118 cm³/mol. The first-order valence-electron chi connectivity index (χ1n) is 10.8. The van der Waals surface area contributed by atoms with Crippen LogP contribution in [-0.2, 0) is 4.79 Å². The third kappa shape index (κ3) is 6.82. The minimum Gasteiger partial charge on any atom is -0.482 e. The monoisotopic (exact) mass is 425 g/mol. The average molecular weight is 426 g/mol. The molecule has 3 rings (SSSR count). The fraction of sp³-hybridized carbons (Fsp3) is 0.440. The predicted octanol–water partition coefficient (Wildman–Crippen LogP) is 3.99. The molecule has 2 aromatic rings. The van der Waals surface area contributed by atoms with Gasteiger partial charge in [0.2, 0.25) is 0 Å². The van der Waals surface area contributed by atoms with Crippen LogP contribution in [0.5, 0.6) is 5.75 Å². The van der Waals surface area contributed by atoms with Gasteiger partial charge in [-0.05, 0) is 66.8 Å². The highest BCUT2D eigenvalue weighted by Crippen LogP contribution is 2.40. The van der Waals surface area contributed by atoms with Crippen molar-refractivity contribution in [3.63, 3.8) is 0 Å². The van der Waals surface area contributed by atoms with Crippen molar-refractivity contribution in [2.24, 2.45) is 5.41 Å². The van der Waals surface area contributed by atoms with Gasteiger partial charge in [0.05, 0.1) is 6.10 Å². The quantitative estimate of drug-likeness (QED) is 0.623. The molecule has 2 aromatic carbocycles. The van der Waals surface area contributed by atoms with E-state index in [1.807, 2.05) is 18.2 Å². The normalized spacial score (nSPS) is 23.9. The molecule has 3 N–H and O–H groups in total. The molecule has 0 bridgehead atoms. The lowest BCUT2D eigenvalue weighted by atomic mass is 9.71. The highest BCUT2D eigenvalue weighted by Gasteiger charge is 2.32. The number of benzene rings is 2. The summed E-state index contributed by atoms with van der Waals surface area (Å²) in [5.74, 6) is -0.542. The summed E-state index contributed by atoms with van der Waals surface area (Å²) in [6.45, 7) is 2.35. The number of nitrogens with one attached hydrogen (secondary N) is 1. The number of amides is 1. The highest BCUT2D eigenvalue weighted by molar-refractivity contribution is 5.94. The fourth-order valence-electron chi connectivity index (χ4n) is 4.37. The van der Waals surface area contributed by atoms with Crippen molar-refractivity contribution in [3.8, 4) is 5.75 Å². The van der Waals surface area contributed by atoms with Gasteiger partial charge < -0.3 is 20.3 Å². The molecule has 166 valence electrons. The van der Waals surface area contributed by atoms with Gasteiger partial charge in [0.25, 0.3) is 5.91 Å². The Morgan fingerprint density at radius 3 is 2.52 bits per heavy atom. The molecular weight excluding hydrogens is 394 g/mol. The summed E-state index contributed by atoms with van der Waals surface area (Å²) in [6.07, 6.45) is 4.01. The van der Waals surface area contributed by atoms with Crippen molar-refractivity contribution in [3.05, 3.63) is 65.7 Å². The molecule has 0 aromatic heterocycles. The summed E-state index contributed by atoms with van der Waals surface area (Å²) < 4.78 is 5.11. The number of carbonyl (C=O) groups excluding carboxylic acids is 1. The number of aliphatic hydroxyl groups is 1. The number of aliphatic carboxylic acids is 1. The number of carboxylic acid groups (broad SMARTS) is 1. The van der Waals surface area contributed by atoms with Crippen molar-refractivity contribution in [2.75, 3.05) is 13.2 Å². The molecule has 6 nitrogen and oxygen atoms in total. The Morgan fingerprint density at radius 1 is 1.13 bits per heavy atom. The van der Waals surface area contributed by atoms with Crippen LogP contribution in [-0.4, -0.2) is 41.3 Å². The number of hydrogen-bond acceptors (Lipinski definition) is 4. The number of carbonyl (C=O) groups is 2. The van der Waals surface area contributed by atoms with Gasteiger partial charge in [-0.1, -0.05) is 43.7 Å². The second kappa shape index (κ2) is 10.4. The molecule has 0 aliphatic heterocycles. The largest absolute Gasteiger partial charge is 0.482 e. The first kappa shape index (κ1) is 22.8. The molecule has 0 spiro atoms. The Hall–Kier alpha value is -2.86. The SMILES string of the molecule is C[C@@]1(CNC(=O)c2ccc(OCC(=O)O)cc2)CCC[C@@H](O)C[C@H](c2ccccc2)C1. The Kier molecular flexibility index (Phi) is 7.69. The third-order valence-corrected chi connectivity index (χ3v) is 6.04. The molecule has 0 saturated heterocycles. The maximum atomic E-state index is 12.7. The molecule has 1 fully saturated rings. The van der Waals surface area contributed by atoms with Gasteiger partial charge in [0.1, 0.15) is 5.75 Å². The van der Waals surface area contributed by atoms with Gasteiger partial charge in [-0.25, -0.2) is 4.79 Å². The van der Waals surface area contributed by atoms with Crippen LogP contribution in [0, 0.1) is 5.41 Å². The summed E-state index contributed by atoms with van der Waals surface area (Å²) in [7, 11) is 0. The lowest BCUT2D eigenvalue weighted by Gasteiger charge is -2.37. The molecule has 1 saturated carbocycles. The highest BCUT2D eigenvalue weighted by atomic mass is 16.5. The molecule has 1 aliphatic rings. The fourth-order valence-corrected chi connectivity index (χ4v) is 4.37. The van der Waals surface area contributed by atoms with Crippen molar-refractivity contribution in [1.82, 2.24) is 5.32 Å². The first-order valence-corrected chi connectivity index (χ1v) is 10.8. The number of hydrogen-bond donors (Lipinski definition) is 3. The Bertz CT molecular complexity index is 867. The number of aliphatic hydroxyl groups excluding tert-OH is 1. The van der Waals surface area contributed by atoms with E-state index in [0.717, 1.165) is 32.1 Å². The van der Waals surface area contributed by atoms with E-state index in [2.05, 4.69) is 24.4 Å². The lowest BCUT2D eigenvalue weighted by molar-refractivity contribution is -0.139. The summed E-state index contributed by atoms with van der Waals surface area (Å²) in [5.41, 5.74) is 1.67. The van der Waals surface area contributed by atoms with E-state index in [0.29, 0.717) is 17.9 Å². The van der Waals surface area contributed by atoms with Gasteiger partial charge >= 0.3 is 5.97 Å². The number of rotatable bonds is 7. The van der Waals surface area contributed by atoms with E-state index >= 15 is 0 Å². The second-order valence-electron chi connectivity index (χ2n) is 8.79. The Balaban J connectivity index is 1.62. The molecule has 3 atom stereocenters. The van der Waals surface area contributed by atoms with E-state index in [-0.39, 0.29) is 23.3 Å². The summed E-state index contributed by atoms with van der Waals surface area (Å²) in [5, 5.41) is 22.1. The standard InChI is InChI=1S/C25H31NO5/c1-25(13-5-8-21(27)14-20(15-25)18-6-3-2-4-7-18)17-26-24(30)19-9-11-22(12-10-19)31-16-23(28)29/h2-4,6-7,9-12,20-21,27H,5,8,13-17H2,1H3,(H,26,30)(H,28,29)/t20-,21+,25+/m0/s1. The van der Waals surface area contributed by atoms with E-state index in [9.17, 15) is 14.7 Å². The topological polar surface area (TPSA) is 95.9 Å². The summed E-state index contributed by atoms with van der Waals surface area (Å²) in [6, 6.07) is 16.8. The zero-order chi connectivity index (χ0) is 22.3. The average Bonchev–Trinajstić information content (AvgIpc) is 2.75. The minimum absolute atomic E-state index is 0.0686. The number of carboxylic acids is 1. The zero-order valence-electron chi connectivity index (χ0n) is 17.9. The minimum atomic E-state index is -1.05. The maximum absolute atomic E-state index is 12.7. The maximum Gasteiger partial charge on any atom is 0.341 e. The molecule has 1 amide bonds. The molecule has 0 heterocycles. The van der Waals surface area contributed by atoms with Crippen LogP contribution < -0.4 is 10.1 Å². The van der Waals surface area contributed by atoms with E-state index < -0.39 is 12.6 Å². The van der Waals surface area contributed by atoms with Crippen molar-refractivity contribution in [1.29, 1.82) is 0 Å². The molecular formula is C25H31NO5. The summed E-state index contributed by atoms with van der Waals surface area (Å²) in [4.78, 5) is 23.3. The van der Waals surface area contributed by atoms with Crippen molar-refractivity contribution < 1.29 is 24.5 Å². The van der Waals surface area contributed by atoms with Crippen LogP contribution in [0.15, 0.2) is 54.6 Å². The summed E-state index contributed by atoms with van der Waals surface area (Å²) >= 11 is 0. The third-order valence-electron chi connectivity index (χ3n) is 6.04. The van der Waals surface area contributed by atoms with Gasteiger partial charge in [0.15, 0.2) is 6.61 Å². The smallest absolute Gasteiger partial charge is 0.341 e. The van der Waals surface area contributed by atoms with Crippen LogP contribution in [0.4, 0.5) is 0 Å². The molecule has 6 heteroatoms. The zero-order valence-corrected chi connectivity index (χ0v) is 17.9. The Morgan fingerprint density at radius 2 is 1.84 bits per heavy atom. The van der Waals surface area contributed by atoms with E-state index in [4.69, 9.17) is 9.84 Å². The van der Waals surface area contributed by atoms with E-state index in [1.54, 1.807) is 24.3 Å². The molecule has 31 heavy (non-hydrogen) atoms. The first-order chi connectivity index (χ1) is 14.8. The van der Waals surface area contributed by atoms with Crippen molar-refractivity contribution in [2.45, 2.75) is 51.0 Å². The van der Waals surface area contributed by atoms with Crippen LogP contribution in [0.2, 0.25) is 0 Å². The van der Waals surface area contributed by atoms with Gasteiger partial charge in [-0.2, -0.15) is 0 Å². The molecule has 0 radical (unpaired) electrons. The van der Waals surface area contributed by atoms with Crippen LogP contribution in [0.3, 0.4) is 0 Å².